The van der Waals surface area contributed by atoms with Gasteiger partial charge in [-0.05, 0) is 29.8 Å². The molecule has 2 N–H and O–H groups in total. The van der Waals surface area contributed by atoms with Crippen LogP contribution in [0.3, 0.4) is 0 Å². The van der Waals surface area contributed by atoms with E-state index in [1.54, 1.807) is 7.11 Å². The molecule has 0 saturated carbocycles. The fourth-order valence-corrected chi connectivity index (χ4v) is 4.58. The Bertz CT molecular complexity index is 897. The molecule has 3 rings (SSSR count). The molecule has 1 aliphatic rings. The van der Waals surface area contributed by atoms with Gasteiger partial charge >= 0.3 is 0 Å². The van der Waals surface area contributed by atoms with Crippen molar-refractivity contribution in [2.45, 2.75) is 16.9 Å². The van der Waals surface area contributed by atoms with Gasteiger partial charge in [0.15, 0.2) is 0 Å². The van der Waals surface area contributed by atoms with E-state index in [0.717, 1.165) is 11.3 Å². The molecule has 1 saturated heterocycles. The number of hydrogen-bond acceptors (Lipinski definition) is 6. The van der Waals surface area contributed by atoms with Crippen LogP contribution in [0.1, 0.15) is 11.5 Å². The number of sulfonamides is 1. The van der Waals surface area contributed by atoms with Crippen molar-refractivity contribution in [3.8, 4) is 5.75 Å². The van der Waals surface area contributed by atoms with Crippen LogP contribution in [-0.2, 0) is 10.0 Å². The molecule has 0 amide bonds. The van der Waals surface area contributed by atoms with Crippen LogP contribution in [0.15, 0.2) is 53.4 Å². The van der Waals surface area contributed by atoms with Gasteiger partial charge in [0.05, 0.1) is 16.9 Å². The highest BCUT2D eigenvalue weighted by molar-refractivity contribution is 7.89. The molecule has 0 bridgehead atoms. The molecule has 0 aliphatic carbocycles. The normalized spacial score (nSPS) is 20.8. The average molecular weight is 377 g/mol. The first-order valence-electron chi connectivity index (χ1n) is 7.97. The summed E-state index contributed by atoms with van der Waals surface area (Å²) in [6, 6.07) is 11.9. The van der Waals surface area contributed by atoms with Gasteiger partial charge in [-0.25, -0.2) is 8.42 Å². The molecule has 0 radical (unpaired) electrons. The third kappa shape index (κ3) is 3.41. The highest BCUT2D eigenvalue weighted by Crippen LogP contribution is 2.31. The Morgan fingerprint density at radius 2 is 1.73 bits per heavy atom. The summed E-state index contributed by atoms with van der Waals surface area (Å²) in [7, 11) is -2.18. The highest BCUT2D eigenvalue weighted by atomic mass is 32.2. The van der Waals surface area contributed by atoms with Gasteiger partial charge in [-0.1, -0.05) is 12.1 Å². The third-order valence-corrected chi connectivity index (χ3v) is 6.41. The molecule has 1 heterocycles. The molecular weight excluding hydrogens is 358 g/mol. The second kappa shape index (κ2) is 7.02. The van der Waals surface area contributed by atoms with Crippen LogP contribution in [0, 0.1) is 10.1 Å². The monoisotopic (exact) mass is 377 g/mol. The largest absolute Gasteiger partial charge is 0.497 e. The Kier molecular flexibility index (Phi) is 4.94. The summed E-state index contributed by atoms with van der Waals surface area (Å²) in [5, 5.41) is 10.7. The van der Waals surface area contributed by atoms with Crippen LogP contribution in [0.4, 0.5) is 5.69 Å². The first kappa shape index (κ1) is 18.3. The summed E-state index contributed by atoms with van der Waals surface area (Å²) in [6.45, 7) is 0.447. The minimum atomic E-state index is -3.76. The van der Waals surface area contributed by atoms with E-state index in [4.69, 9.17) is 10.5 Å². The lowest BCUT2D eigenvalue weighted by Crippen LogP contribution is -2.32. The van der Waals surface area contributed by atoms with Gasteiger partial charge in [0, 0.05) is 37.2 Å². The van der Waals surface area contributed by atoms with E-state index >= 15 is 0 Å². The predicted octanol–water partition coefficient (Wildman–Crippen LogP) is 1.72. The second-order valence-electron chi connectivity index (χ2n) is 6.12. The van der Waals surface area contributed by atoms with Gasteiger partial charge in [0.1, 0.15) is 5.75 Å². The SMILES string of the molecule is COc1ccc([C@@H]2CN(S(=O)(=O)c3ccc([N+](=O)[O-])cc3)C[C@H]2N)cc1. The van der Waals surface area contributed by atoms with Crippen LogP contribution in [0.25, 0.3) is 0 Å². The number of nitrogens with two attached hydrogens (primary N) is 1. The molecule has 0 aromatic heterocycles. The van der Waals surface area contributed by atoms with E-state index in [9.17, 15) is 18.5 Å². The zero-order valence-electron chi connectivity index (χ0n) is 14.1. The van der Waals surface area contributed by atoms with Crippen molar-refractivity contribution in [1.29, 1.82) is 0 Å². The zero-order chi connectivity index (χ0) is 18.9. The zero-order valence-corrected chi connectivity index (χ0v) is 14.9. The lowest BCUT2D eigenvalue weighted by molar-refractivity contribution is -0.384. The van der Waals surface area contributed by atoms with E-state index in [1.807, 2.05) is 24.3 Å². The lowest BCUT2D eigenvalue weighted by Gasteiger charge is -2.16. The number of benzene rings is 2. The number of nitro groups is 1. The topological polar surface area (TPSA) is 116 Å². The Balaban J connectivity index is 1.82. The number of nitro benzene ring substituents is 1. The van der Waals surface area contributed by atoms with Gasteiger partial charge in [-0.15, -0.1) is 0 Å². The van der Waals surface area contributed by atoms with E-state index in [0.29, 0.717) is 0 Å². The van der Waals surface area contributed by atoms with Crippen molar-refractivity contribution in [2.24, 2.45) is 5.73 Å². The first-order valence-corrected chi connectivity index (χ1v) is 9.41. The lowest BCUT2D eigenvalue weighted by atomic mass is 9.95. The van der Waals surface area contributed by atoms with Crippen LogP contribution in [0.5, 0.6) is 5.75 Å². The quantitative estimate of drug-likeness (QED) is 0.626. The average Bonchev–Trinajstić information content (AvgIpc) is 3.04. The highest BCUT2D eigenvalue weighted by Gasteiger charge is 2.38. The number of non-ortho nitro benzene ring substituents is 1. The fraction of sp³-hybridized carbons (Fsp3) is 0.294. The summed E-state index contributed by atoms with van der Waals surface area (Å²) in [4.78, 5) is 10.2. The number of nitrogens with zero attached hydrogens (tertiary/aromatic N) is 2. The Morgan fingerprint density at radius 3 is 2.27 bits per heavy atom. The smallest absolute Gasteiger partial charge is 0.269 e. The minimum Gasteiger partial charge on any atom is -0.497 e. The van der Waals surface area contributed by atoms with E-state index < -0.39 is 14.9 Å². The number of ether oxygens (including phenoxy) is 1. The van der Waals surface area contributed by atoms with Crippen molar-refractivity contribution in [3.63, 3.8) is 0 Å². The van der Waals surface area contributed by atoms with Crippen LogP contribution >= 0.6 is 0 Å². The molecule has 1 aliphatic heterocycles. The van der Waals surface area contributed by atoms with E-state index in [-0.39, 0.29) is 35.6 Å². The Morgan fingerprint density at radius 1 is 1.12 bits per heavy atom. The molecule has 2 aromatic carbocycles. The standard InChI is InChI=1S/C17H19N3O5S/c1-25-14-6-2-12(3-7-14)16-10-19(11-17(16)18)26(23,24)15-8-4-13(5-9-15)20(21)22/h2-9,16-17H,10-11,18H2,1H3/t16-,17+/m0/s1. The molecule has 1 fully saturated rings. The van der Waals surface area contributed by atoms with Gasteiger partial charge in [0.2, 0.25) is 10.0 Å². The van der Waals surface area contributed by atoms with Gasteiger partial charge in [-0.2, -0.15) is 4.31 Å². The summed E-state index contributed by atoms with van der Waals surface area (Å²) >= 11 is 0. The molecule has 0 spiro atoms. The van der Waals surface area contributed by atoms with Crippen molar-refractivity contribution in [3.05, 3.63) is 64.2 Å². The first-order chi connectivity index (χ1) is 12.3. The van der Waals surface area contributed by atoms with Crippen LogP contribution in [0.2, 0.25) is 0 Å². The number of rotatable bonds is 5. The summed E-state index contributed by atoms with van der Waals surface area (Å²) in [5.74, 6) is 0.587. The number of methoxy groups -OCH3 is 1. The third-order valence-electron chi connectivity index (χ3n) is 4.56. The molecule has 9 heteroatoms. The fourth-order valence-electron chi connectivity index (χ4n) is 3.08. The van der Waals surface area contributed by atoms with E-state index in [2.05, 4.69) is 0 Å². The predicted molar refractivity (Wildman–Crippen MR) is 95.6 cm³/mol. The molecule has 0 unspecified atom stereocenters. The maximum Gasteiger partial charge on any atom is 0.269 e. The second-order valence-corrected chi connectivity index (χ2v) is 8.05. The maximum atomic E-state index is 12.8. The maximum absolute atomic E-state index is 12.8. The Hall–Kier alpha value is -2.49. The van der Waals surface area contributed by atoms with Crippen LogP contribution in [-0.4, -0.2) is 43.9 Å². The molecule has 8 nitrogen and oxygen atoms in total. The molecular formula is C17H19N3O5S. The Labute approximate surface area is 151 Å². The van der Waals surface area contributed by atoms with Gasteiger partial charge in [0.25, 0.3) is 5.69 Å². The summed E-state index contributed by atoms with van der Waals surface area (Å²) < 4.78 is 32.1. The van der Waals surface area contributed by atoms with Crippen LogP contribution < -0.4 is 10.5 Å². The summed E-state index contributed by atoms with van der Waals surface area (Å²) in [6.07, 6.45) is 0. The minimum absolute atomic E-state index is 0.0191. The van der Waals surface area contributed by atoms with Crippen molar-refractivity contribution < 1.29 is 18.1 Å². The molecule has 26 heavy (non-hydrogen) atoms. The van der Waals surface area contributed by atoms with Crippen molar-refractivity contribution in [2.75, 3.05) is 20.2 Å². The molecule has 2 aromatic rings. The van der Waals surface area contributed by atoms with Crippen molar-refractivity contribution in [1.82, 2.24) is 4.31 Å². The van der Waals surface area contributed by atoms with Crippen molar-refractivity contribution >= 4 is 15.7 Å². The summed E-state index contributed by atoms with van der Waals surface area (Å²) in [5.41, 5.74) is 6.97. The van der Waals surface area contributed by atoms with Gasteiger partial charge < -0.3 is 10.5 Å². The van der Waals surface area contributed by atoms with Gasteiger partial charge in [-0.3, -0.25) is 10.1 Å². The number of hydrogen-bond donors (Lipinski definition) is 1. The van der Waals surface area contributed by atoms with E-state index in [1.165, 1.54) is 28.6 Å². The molecule has 138 valence electrons. The molecule has 2 atom stereocenters.